The fraction of sp³-hybridized carbons (Fsp3) is 0.571. The normalized spacial score (nSPS) is 10.5. The van der Waals surface area contributed by atoms with E-state index in [9.17, 15) is 0 Å². The van der Waals surface area contributed by atoms with E-state index in [0.29, 0.717) is 5.84 Å². The van der Waals surface area contributed by atoms with Crippen LogP contribution in [0.2, 0.25) is 0 Å². The number of hydrogen-bond acceptors (Lipinski definition) is 3. The van der Waals surface area contributed by atoms with Crippen LogP contribution in [0.1, 0.15) is 0 Å². The number of nitriles is 2. The van der Waals surface area contributed by atoms with Gasteiger partial charge >= 0.3 is 0 Å². The molecule has 0 rings (SSSR count). The Hall–Kier alpha value is -1.55. The molecule has 0 aromatic rings. The highest BCUT2D eigenvalue weighted by Gasteiger charge is 2.14. The van der Waals surface area contributed by atoms with Gasteiger partial charge in [-0.15, -0.1) is 0 Å². The number of hydrogen-bond donors (Lipinski definition) is 0. The molecule has 0 saturated carbocycles. The van der Waals surface area contributed by atoms with Crippen molar-refractivity contribution < 1.29 is 0 Å². The standard InChI is InChI=1S/C7H10N4/c1-10-7(11(2)3)6(4-8)5-9/h6H,1-3H3. The van der Waals surface area contributed by atoms with Crippen molar-refractivity contribution in [1.29, 1.82) is 10.5 Å². The molecule has 0 aromatic heterocycles. The fourth-order valence-electron chi connectivity index (χ4n) is 0.732. The lowest BCUT2D eigenvalue weighted by atomic mass is 10.1. The van der Waals surface area contributed by atoms with Gasteiger partial charge in [-0.2, -0.15) is 10.5 Å². The Morgan fingerprint density at radius 1 is 1.36 bits per heavy atom. The largest absolute Gasteiger partial charge is 0.365 e. The third kappa shape index (κ3) is 2.27. The Morgan fingerprint density at radius 2 is 1.82 bits per heavy atom. The number of rotatable bonds is 1. The molecule has 0 heterocycles. The first-order chi connectivity index (χ1) is 5.17. The van der Waals surface area contributed by atoms with Crippen molar-refractivity contribution >= 4 is 5.84 Å². The minimum absolute atomic E-state index is 0.495. The van der Waals surface area contributed by atoms with E-state index >= 15 is 0 Å². The van der Waals surface area contributed by atoms with E-state index < -0.39 is 5.92 Å². The van der Waals surface area contributed by atoms with Crippen LogP contribution in [0.15, 0.2) is 4.99 Å². The van der Waals surface area contributed by atoms with Gasteiger partial charge in [-0.3, -0.25) is 4.99 Å². The summed E-state index contributed by atoms with van der Waals surface area (Å²) in [6, 6.07) is 3.70. The first kappa shape index (κ1) is 9.45. The van der Waals surface area contributed by atoms with Gasteiger partial charge in [0.05, 0.1) is 12.1 Å². The quantitative estimate of drug-likeness (QED) is 0.397. The zero-order chi connectivity index (χ0) is 8.85. The molecule has 0 fully saturated rings. The molecule has 0 saturated heterocycles. The lowest BCUT2D eigenvalue weighted by molar-refractivity contribution is 0.598. The summed E-state index contributed by atoms with van der Waals surface area (Å²) in [5, 5.41) is 17.0. The van der Waals surface area contributed by atoms with Gasteiger partial charge in [-0.25, -0.2) is 0 Å². The van der Waals surface area contributed by atoms with Crippen LogP contribution >= 0.6 is 0 Å². The minimum atomic E-state index is -0.755. The smallest absolute Gasteiger partial charge is 0.189 e. The van der Waals surface area contributed by atoms with Gasteiger partial charge in [0, 0.05) is 21.1 Å². The maximum Gasteiger partial charge on any atom is 0.189 e. The zero-order valence-corrected chi connectivity index (χ0v) is 6.87. The summed E-state index contributed by atoms with van der Waals surface area (Å²) < 4.78 is 0. The second kappa shape index (κ2) is 4.29. The monoisotopic (exact) mass is 150 g/mol. The average molecular weight is 150 g/mol. The lowest BCUT2D eigenvalue weighted by Crippen LogP contribution is -2.28. The molecular formula is C7H10N4. The predicted octanol–water partition coefficient (Wildman–Crippen LogP) is 0.240. The molecule has 0 spiro atoms. The van der Waals surface area contributed by atoms with Gasteiger partial charge in [0.15, 0.2) is 5.92 Å². The maximum absolute atomic E-state index is 8.50. The van der Waals surface area contributed by atoms with E-state index in [-0.39, 0.29) is 0 Å². The molecule has 11 heavy (non-hydrogen) atoms. The Kier molecular flexibility index (Phi) is 3.69. The summed E-state index contributed by atoms with van der Waals surface area (Å²) in [5.74, 6) is -0.259. The summed E-state index contributed by atoms with van der Waals surface area (Å²) in [5.41, 5.74) is 0. The topological polar surface area (TPSA) is 63.2 Å². The molecular weight excluding hydrogens is 140 g/mol. The fourth-order valence-corrected chi connectivity index (χ4v) is 0.732. The second-order valence-electron chi connectivity index (χ2n) is 2.17. The summed E-state index contributed by atoms with van der Waals surface area (Å²) in [7, 11) is 5.07. The molecule has 0 bridgehead atoms. The van der Waals surface area contributed by atoms with E-state index in [4.69, 9.17) is 10.5 Å². The van der Waals surface area contributed by atoms with E-state index in [2.05, 4.69) is 4.99 Å². The summed E-state index contributed by atoms with van der Waals surface area (Å²) >= 11 is 0. The highest BCUT2D eigenvalue weighted by Crippen LogP contribution is 1.98. The Balaban J connectivity index is 4.57. The summed E-state index contributed by atoms with van der Waals surface area (Å²) in [6.07, 6.45) is 0. The van der Waals surface area contributed by atoms with Crippen LogP contribution in [-0.2, 0) is 0 Å². The molecule has 0 aromatic carbocycles. The van der Waals surface area contributed by atoms with Gasteiger partial charge in [0.1, 0.15) is 5.84 Å². The van der Waals surface area contributed by atoms with Gasteiger partial charge in [0.25, 0.3) is 0 Å². The molecule has 4 heteroatoms. The molecule has 0 atom stereocenters. The van der Waals surface area contributed by atoms with Crippen LogP contribution in [0.5, 0.6) is 0 Å². The van der Waals surface area contributed by atoms with Crippen molar-refractivity contribution in [3.05, 3.63) is 0 Å². The molecule has 0 unspecified atom stereocenters. The molecule has 0 N–H and O–H groups in total. The van der Waals surface area contributed by atoms with Gasteiger partial charge < -0.3 is 4.90 Å². The van der Waals surface area contributed by atoms with Gasteiger partial charge in [-0.05, 0) is 0 Å². The van der Waals surface area contributed by atoms with Crippen molar-refractivity contribution in [1.82, 2.24) is 4.90 Å². The second-order valence-corrected chi connectivity index (χ2v) is 2.17. The predicted molar refractivity (Wildman–Crippen MR) is 41.8 cm³/mol. The zero-order valence-electron chi connectivity index (χ0n) is 6.87. The van der Waals surface area contributed by atoms with Crippen LogP contribution < -0.4 is 0 Å². The van der Waals surface area contributed by atoms with E-state index in [0.717, 1.165) is 0 Å². The molecule has 0 aliphatic rings. The first-order valence-electron chi connectivity index (χ1n) is 3.10. The maximum atomic E-state index is 8.50. The van der Waals surface area contributed by atoms with Gasteiger partial charge in [-0.1, -0.05) is 0 Å². The number of nitrogens with zero attached hydrogens (tertiary/aromatic N) is 4. The van der Waals surface area contributed by atoms with Crippen molar-refractivity contribution in [2.45, 2.75) is 0 Å². The SMILES string of the molecule is CN=C(C(C#N)C#N)N(C)C. The third-order valence-electron chi connectivity index (χ3n) is 1.20. The van der Waals surface area contributed by atoms with Crippen LogP contribution in [0.4, 0.5) is 0 Å². The van der Waals surface area contributed by atoms with Crippen LogP contribution in [0.25, 0.3) is 0 Å². The molecule has 0 amide bonds. The van der Waals surface area contributed by atoms with Crippen molar-refractivity contribution in [3.8, 4) is 12.1 Å². The van der Waals surface area contributed by atoms with Crippen molar-refractivity contribution in [2.75, 3.05) is 21.1 Å². The van der Waals surface area contributed by atoms with Crippen LogP contribution in [0, 0.1) is 28.6 Å². The van der Waals surface area contributed by atoms with Crippen LogP contribution in [-0.4, -0.2) is 31.9 Å². The Labute approximate surface area is 66.4 Å². The number of aliphatic imine (C=N–C) groups is 1. The molecule has 58 valence electrons. The summed E-state index contributed by atoms with van der Waals surface area (Å²) in [6.45, 7) is 0. The van der Waals surface area contributed by atoms with Gasteiger partial charge in [0.2, 0.25) is 0 Å². The van der Waals surface area contributed by atoms with Crippen molar-refractivity contribution in [3.63, 3.8) is 0 Å². The molecule has 0 radical (unpaired) electrons. The Bertz CT molecular complexity index is 214. The molecule has 0 aliphatic carbocycles. The molecule has 0 aliphatic heterocycles. The Morgan fingerprint density at radius 3 is 1.91 bits per heavy atom. The highest BCUT2D eigenvalue weighted by molar-refractivity contribution is 5.88. The first-order valence-corrected chi connectivity index (χ1v) is 3.10. The molecule has 4 nitrogen and oxygen atoms in total. The van der Waals surface area contributed by atoms with E-state index in [1.165, 1.54) is 0 Å². The minimum Gasteiger partial charge on any atom is -0.365 e. The van der Waals surface area contributed by atoms with E-state index in [1.807, 2.05) is 12.1 Å². The van der Waals surface area contributed by atoms with E-state index in [1.54, 1.807) is 26.0 Å². The number of amidine groups is 1. The summed E-state index contributed by atoms with van der Waals surface area (Å²) in [4.78, 5) is 5.49. The van der Waals surface area contributed by atoms with Crippen LogP contribution in [0.3, 0.4) is 0 Å². The average Bonchev–Trinajstić information content (AvgIpc) is 1.99. The highest BCUT2D eigenvalue weighted by atomic mass is 15.1. The van der Waals surface area contributed by atoms with Crippen molar-refractivity contribution in [2.24, 2.45) is 10.9 Å². The lowest BCUT2D eigenvalue weighted by Gasteiger charge is -2.14. The third-order valence-corrected chi connectivity index (χ3v) is 1.20.